The van der Waals surface area contributed by atoms with Gasteiger partial charge in [-0.25, -0.2) is 4.79 Å². The van der Waals surface area contributed by atoms with E-state index in [1.165, 1.54) is 6.08 Å². The van der Waals surface area contributed by atoms with Crippen molar-refractivity contribution in [3.05, 3.63) is 42.5 Å². The Morgan fingerprint density at radius 3 is 2.44 bits per heavy atom. The summed E-state index contributed by atoms with van der Waals surface area (Å²) >= 11 is 0. The van der Waals surface area contributed by atoms with Crippen molar-refractivity contribution in [3.63, 3.8) is 0 Å². The average molecular weight is 473 g/mol. The minimum absolute atomic E-state index is 0.0169. The number of aliphatic hydroxyl groups is 1. The van der Waals surface area contributed by atoms with Gasteiger partial charge in [0.2, 0.25) is 5.91 Å². The number of benzene rings is 1. The number of ketones is 2. The predicted octanol–water partition coefficient (Wildman–Crippen LogP) is 3.92. The molecule has 34 heavy (non-hydrogen) atoms. The molecule has 0 spiro atoms. The van der Waals surface area contributed by atoms with Gasteiger partial charge in [0.1, 0.15) is 18.2 Å². The first-order chi connectivity index (χ1) is 16.4. The van der Waals surface area contributed by atoms with Crippen molar-refractivity contribution < 1.29 is 29.0 Å². The summed E-state index contributed by atoms with van der Waals surface area (Å²) in [6.45, 7) is 5.70. The van der Waals surface area contributed by atoms with Crippen LogP contribution in [0.1, 0.15) is 63.9 Å². The van der Waals surface area contributed by atoms with Crippen LogP contribution in [0.3, 0.4) is 0 Å². The van der Waals surface area contributed by atoms with Crippen molar-refractivity contribution in [2.75, 3.05) is 18.5 Å². The van der Waals surface area contributed by atoms with Crippen molar-refractivity contribution in [1.82, 2.24) is 5.32 Å². The van der Waals surface area contributed by atoms with Gasteiger partial charge < -0.3 is 20.5 Å². The fourth-order valence-corrected chi connectivity index (χ4v) is 4.12. The number of ether oxygens (including phenoxy) is 1. The van der Waals surface area contributed by atoms with Crippen LogP contribution in [0.4, 0.5) is 10.5 Å². The van der Waals surface area contributed by atoms with Gasteiger partial charge in [0.05, 0.1) is 12.0 Å². The van der Waals surface area contributed by atoms with Gasteiger partial charge in [-0.05, 0) is 49.8 Å². The molecule has 1 aromatic carbocycles. The topological polar surface area (TPSA) is 122 Å². The number of amides is 2. The SMILES string of the molecule is C=CCOC(=O)NCCC[C@H](CC(=O)C1(C(=O)CCC)CCC1)C(=O)Nc1ccc(CO)cc1. The van der Waals surface area contributed by atoms with Crippen LogP contribution in [-0.4, -0.2) is 41.8 Å². The Hall–Kier alpha value is -3.00. The molecule has 8 nitrogen and oxygen atoms in total. The number of carbonyl (C=O) groups is 4. The third-order valence-electron chi connectivity index (χ3n) is 6.29. The molecule has 3 N–H and O–H groups in total. The lowest BCUT2D eigenvalue weighted by Crippen LogP contribution is -2.46. The number of anilines is 1. The number of hydrogen-bond acceptors (Lipinski definition) is 6. The second-order valence-electron chi connectivity index (χ2n) is 8.73. The van der Waals surface area contributed by atoms with Gasteiger partial charge in [0.15, 0.2) is 0 Å². The van der Waals surface area contributed by atoms with Crippen molar-refractivity contribution in [2.45, 2.75) is 64.9 Å². The van der Waals surface area contributed by atoms with E-state index in [0.717, 1.165) is 12.0 Å². The molecule has 2 amide bonds. The molecule has 1 saturated carbocycles. The number of aliphatic hydroxyl groups excluding tert-OH is 1. The molecule has 2 rings (SSSR count). The Morgan fingerprint density at radius 1 is 1.18 bits per heavy atom. The summed E-state index contributed by atoms with van der Waals surface area (Å²) in [4.78, 5) is 50.6. The first-order valence-electron chi connectivity index (χ1n) is 11.9. The molecule has 1 aliphatic carbocycles. The number of rotatable bonds is 15. The highest BCUT2D eigenvalue weighted by Crippen LogP contribution is 2.45. The van der Waals surface area contributed by atoms with E-state index in [1.807, 2.05) is 6.92 Å². The van der Waals surface area contributed by atoms with Crippen LogP contribution in [0.5, 0.6) is 0 Å². The van der Waals surface area contributed by atoms with Crippen LogP contribution >= 0.6 is 0 Å². The molecule has 1 atom stereocenters. The smallest absolute Gasteiger partial charge is 0.407 e. The fraction of sp³-hybridized carbons (Fsp3) is 0.538. The summed E-state index contributed by atoms with van der Waals surface area (Å²) in [6, 6.07) is 6.80. The van der Waals surface area contributed by atoms with E-state index in [2.05, 4.69) is 17.2 Å². The molecule has 0 aromatic heterocycles. The van der Waals surface area contributed by atoms with Gasteiger partial charge in [0.25, 0.3) is 0 Å². The quantitative estimate of drug-likeness (QED) is 0.202. The molecule has 0 saturated heterocycles. The third-order valence-corrected chi connectivity index (χ3v) is 6.29. The molecule has 0 bridgehead atoms. The van der Waals surface area contributed by atoms with Crippen LogP contribution in [0.2, 0.25) is 0 Å². The zero-order chi connectivity index (χ0) is 25.0. The van der Waals surface area contributed by atoms with Gasteiger partial charge in [0, 0.05) is 31.0 Å². The lowest BCUT2D eigenvalue weighted by Gasteiger charge is -2.39. The van der Waals surface area contributed by atoms with Crippen molar-refractivity contribution >= 4 is 29.3 Å². The molecule has 0 radical (unpaired) electrons. The maximum Gasteiger partial charge on any atom is 0.407 e. The minimum atomic E-state index is -0.940. The summed E-state index contributed by atoms with van der Waals surface area (Å²) in [5.74, 6) is -1.12. The van der Waals surface area contributed by atoms with Crippen LogP contribution in [-0.2, 0) is 25.7 Å². The Labute approximate surface area is 201 Å². The Kier molecular flexibility index (Phi) is 10.9. The molecule has 1 aliphatic rings. The maximum absolute atomic E-state index is 13.2. The zero-order valence-corrected chi connectivity index (χ0v) is 19.9. The third kappa shape index (κ3) is 7.52. The first-order valence-corrected chi connectivity index (χ1v) is 11.9. The summed E-state index contributed by atoms with van der Waals surface area (Å²) < 4.78 is 4.87. The zero-order valence-electron chi connectivity index (χ0n) is 19.9. The first kappa shape index (κ1) is 27.2. The fourth-order valence-electron chi connectivity index (χ4n) is 4.12. The lowest BCUT2D eigenvalue weighted by molar-refractivity contribution is -0.148. The number of hydrogen-bond donors (Lipinski definition) is 3. The molecule has 186 valence electrons. The van der Waals surface area contributed by atoms with E-state index in [-0.39, 0.29) is 37.1 Å². The predicted molar refractivity (Wildman–Crippen MR) is 129 cm³/mol. The van der Waals surface area contributed by atoms with E-state index in [0.29, 0.717) is 50.8 Å². The molecule has 1 fully saturated rings. The van der Waals surface area contributed by atoms with Gasteiger partial charge >= 0.3 is 6.09 Å². The largest absolute Gasteiger partial charge is 0.445 e. The standard InChI is InChI=1S/C26H36N2O6/c1-3-7-22(30)26(13-6-14-26)23(31)17-20(8-5-15-27-25(33)34-16-4-2)24(32)28-21-11-9-19(18-29)10-12-21/h4,9-12,20,29H,2-3,5-8,13-18H2,1H3,(H,27,33)(H,28,32)/t20-/m1/s1. The summed E-state index contributed by atoms with van der Waals surface area (Å²) in [6.07, 6.45) is 4.72. The highest BCUT2D eigenvalue weighted by Gasteiger charge is 2.49. The van der Waals surface area contributed by atoms with Crippen molar-refractivity contribution in [3.8, 4) is 0 Å². The highest BCUT2D eigenvalue weighted by molar-refractivity contribution is 6.09. The summed E-state index contributed by atoms with van der Waals surface area (Å²) in [7, 11) is 0. The van der Waals surface area contributed by atoms with Gasteiger partial charge in [-0.15, -0.1) is 0 Å². The molecule has 1 aromatic rings. The molecular formula is C26H36N2O6. The van der Waals surface area contributed by atoms with Crippen LogP contribution in [0.15, 0.2) is 36.9 Å². The Bertz CT molecular complexity index is 861. The molecule has 0 heterocycles. The Morgan fingerprint density at radius 2 is 1.88 bits per heavy atom. The van der Waals surface area contributed by atoms with Gasteiger partial charge in [-0.2, -0.15) is 0 Å². The van der Waals surface area contributed by atoms with Crippen LogP contribution in [0, 0.1) is 11.3 Å². The molecule has 0 aliphatic heterocycles. The maximum atomic E-state index is 13.2. The summed E-state index contributed by atoms with van der Waals surface area (Å²) in [5.41, 5.74) is 0.344. The van der Waals surface area contributed by atoms with Crippen LogP contribution < -0.4 is 10.6 Å². The highest BCUT2D eigenvalue weighted by atomic mass is 16.5. The van der Waals surface area contributed by atoms with E-state index >= 15 is 0 Å². The number of carbonyl (C=O) groups excluding carboxylic acids is 4. The van der Waals surface area contributed by atoms with E-state index in [9.17, 15) is 24.3 Å². The van der Waals surface area contributed by atoms with Crippen molar-refractivity contribution in [2.24, 2.45) is 11.3 Å². The second kappa shape index (κ2) is 13.6. The molecule has 0 unspecified atom stereocenters. The minimum Gasteiger partial charge on any atom is -0.445 e. The van der Waals surface area contributed by atoms with E-state index < -0.39 is 17.4 Å². The van der Waals surface area contributed by atoms with E-state index in [1.54, 1.807) is 24.3 Å². The lowest BCUT2D eigenvalue weighted by atomic mass is 9.61. The number of nitrogens with one attached hydrogen (secondary N) is 2. The van der Waals surface area contributed by atoms with Gasteiger partial charge in [-0.3, -0.25) is 14.4 Å². The average Bonchev–Trinajstić information content (AvgIpc) is 2.79. The molecule has 8 heteroatoms. The Balaban J connectivity index is 2.05. The summed E-state index contributed by atoms with van der Waals surface area (Å²) in [5, 5.41) is 14.6. The number of Topliss-reactive ketones (excluding diaryl/α,β-unsaturated/α-hetero) is 2. The van der Waals surface area contributed by atoms with Crippen molar-refractivity contribution in [1.29, 1.82) is 0 Å². The normalized spacial score (nSPS) is 14.9. The second-order valence-corrected chi connectivity index (χ2v) is 8.73. The number of alkyl carbamates (subject to hydrolysis) is 1. The monoisotopic (exact) mass is 472 g/mol. The van der Waals surface area contributed by atoms with Gasteiger partial charge in [-0.1, -0.05) is 38.1 Å². The molecular weight excluding hydrogens is 436 g/mol. The van der Waals surface area contributed by atoms with Crippen LogP contribution in [0.25, 0.3) is 0 Å². The van der Waals surface area contributed by atoms with E-state index in [4.69, 9.17) is 4.74 Å².